The van der Waals surface area contributed by atoms with Crippen molar-refractivity contribution in [3.05, 3.63) is 57.0 Å². The summed E-state index contributed by atoms with van der Waals surface area (Å²) in [7, 11) is 0. The number of carbonyl (C=O) groups excluding carboxylic acids is 1. The molecule has 0 unspecified atom stereocenters. The summed E-state index contributed by atoms with van der Waals surface area (Å²) in [5.74, 6) is 0.0476. The predicted octanol–water partition coefficient (Wildman–Crippen LogP) is 1.78. The van der Waals surface area contributed by atoms with E-state index >= 15 is 0 Å². The molecule has 0 aliphatic heterocycles. The fourth-order valence-corrected chi connectivity index (χ4v) is 1.58. The monoisotopic (exact) mass is 293 g/mol. The van der Waals surface area contributed by atoms with Crippen LogP contribution in [0.1, 0.15) is 10.4 Å². The van der Waals surface area contributed by atoms with Gasteiger partial charge in [0.2, 0.25) is 5.56 Å². The number of H-pyrrole nitrogens is 1. The minimum atomic E-state index is -0.373. The van der Waals surface area contributed by atoms with Crippen LogP contribution in [0.25, 0.3) is 0 Å². The largest absolute Gasteiger partial charge is 0.329 e. The summed E-state index contributed by atoms with van der Waals surface area (Å²) in [6.07, 6.45) is 2.99. The van der Waals surface area contributed by atoms with Crippen molar-refractivity contribution < 1.29 is 4.79 Å². The highest BCUT2D eigenvalue weighted by molar-refractivity contribution is 9.10. The van der Waals surface area contributed by atoms with E-state index in [1.807, 2.05) is 0 Å². The molecule has 2 rings (SSSR count). The first-order chi connectivity index (χ1) is 8.15. The molecule has 0 fully saturated rings. The van der Waals surface area contributed by atoms with E-state index in [-0.39, 0.29) is 17.0 Å². The van der Waals surface area contributed by atoms with Crippen molar-refractivity contribution >= 4 is 27.7 Å². The van der Waals surface area contributed by atoms with Crippen molar-refractivity contribution in [1.29, 1.82) is 0 Å². The second-order valence-electron chi connectivity index (χ2n) is 3.26. The summed E-state index contributed by atoms with van der Waals surface area (Å²) in [5.41, 5.74) is -0.0321. The van der Waals surface area contributed by atoms with Gasteiger partial charge in [0.1, 0.15) is 5.82 Å². The number of halogens is 1. The van der Waals surface area contributed by atoms with Crippen LogP contribution < -0.4 is 10.9 Å². The van der Waals surface area contributed by atoms with Gasteiger partial charge in [-0.1, -0.05) is 15.9 Å². The molecule has 5 nitrogen and oxygen atoms in total. The number of aromatic nitrogens is 2. The molecule has 2 aromatic rings. The summed E-state index contributed by atoms with van der Waals surface area (Å²) in [4.78, 5) is 29.2. The minimum absolute atomic E-state index is 0.288. The molecule has 1 amide bonds. The molecule has 0 spiro atoms. The Kier molecular flexibility index (Phi) is 3.34. The van der Waals surface area contributed by atoms with Crippen molar-refractivity contribution in [1.82, 2.24) is 9.97 Å². The van der Waals surface area contributed by atoms with E-state index in [0.29, 0.717) is 5.82 Å². The lowest BCUT2D eigenvalue weighted by Crippen LogP contribution is -2.16. The van der Waals surface area contributed by atoms with Crippen LogP contribution in [-0.4, -0.2) is 15.9 Å². The van der Waals surface area contributed by atoms with Crippen molar-refractivity contribution in [2.24, 2.45) is 0 Å². The second-order valence-corrected chi connectivity index (χ2v) is 4.17. The smallest absolute Gasteiger partial charge is 0.257 e. The Hall–Kier alpha value is -1.95. The van der Waals surface area contributed by atoms with Crippen LogP contribution in [0.2, 0.25) is 0 Å². The van der Waals surface area contributed by atoms with E-state index < -0.39 is 0 Å². The maximum Gasteiger partial charge on any atom is 0.257 e. The molecule has 17 heavy (non-hydrogen) atoms. The van der Waals surface area contributed by atoms with E-state index in [0.717, 1.165) is 4.47 Å². The van der Waals surface area contributed by atoms with Gasteiger partial charge < -0.3 is 10.3 Å². The topological polar surface area (TPSA) is 74.8 Å². The lowest BCUT2D eigenvalue weighted by atomic mass is 10.2. The molecule has 0 aliphatic carbocycles. The number of rotatable bonds is 2. The van der Waals surface area contributed by atoms with E-state index in [2.05, 4.69) is 31.2 Å². The van der Waals surface area contributed by atoms with Gasteiger partial charge in [0.15, 0.2) is 0 Å². The van der Waals surface area contributed by atoms with Crippen LogP contribution in [0.15, 0.2) is 45.9 Å². The standard InChI is InChI=1S/C11H8BrN3O2/c12-8-2-4-13-9(6-8)15-11(17)7-1-3-14-10(16)5-7/h1-6H,(H,14,16)(H,13,15,17). The van der Waals surface area contributed by atoms with E-state index in [4.69, 9.17) is 0 Å². The first kappa shape index (κ1) is 11.5. The third-order valence-electron chi connectivity index (χ3n) is 2.00. The molecule has 0 atom stereocenters. The maximum absolute atomic E-state index is 11.8. The highest BCUT2D eigenvalue weighted by Crippen LogP contribution is 2.13. The molecule has 0 radical (unpaired) electrons. The maximum atomic E-state index is 11.8. The molecular weight excluding hydrogens is 286 g/mol. The summed E-state index contributed by atoms with van der Waals surface area (Å²) in [5, 5.41) is 2.59. The molecule has 0 saturated carbocycles. The number of aromatic amines is 1. The van der Waals surface area contributed by atoms with E-state index in [1.165, 1.54) is 18.3 Å². The van der Waals surface area contributed by atoms with Crippen LogP contribution in [0.5, 0.6) is 0 Å². The van der Waals surface area contributed by atoms with Gasteiger partial charge in [0.05, 0.1) is 0 Å². The van der Waals surface area contributed by atoms with Gasteiger partial charge in [0, 0.05) is 28.5 Å². The first-order valence-electron chi connectivity index (χ1n) is 4.77. The van der Waals surface area contributed by atoms with E-state index in [9.17, 15) is 9.59 Å². The first-order valence-corrected chi connectivity index (χ1v) is 5.56. The number of carbonyl (C=O) groups is 1. The number of anilines is 1. The van der Waals surface area contributed by atoms with E-state index in [1.54, 1.807) is 18.3 Å². The molecule has 2 aromatic heterocycles. The number of pyridine rings is 2. The fraction of sp³-hybridized carbons (Fsp3) is 0. The molecular formula is C11H8BrN3O2. The zero-order valence-electron chi connectivity index (χ0n) is 8.61. The van der Waals surface area contributed by atoms with Crippen LogP contribution in [0, 0.1) is 0 Å². The third-order valence-corrected chi connectivity index (χ3v) is 2.49. The van der Waals surface area contributed by atoms with Crippen molar-refractivity contribution in [3.63, 3.8) is 0 Å². The summed E-state index contributed by atoms with van der Waals surface area (Å²) in [6.45, 7) is 0. The highest BCUT2D eigenvalue weighted by Gasteiger charge is 2.07. The quantitative estimate of drug-likeness (QED) is 0.886. The number of amides is 1. The normalized spacial score (nSPS) is 9.94. The number of hydrogen-bond acceptors (Lipinski definition) is 3. The second kappa shape index (κ2) is 4.92. The molecule has 0 saturated heterocycles. The Morgan fingerprint density at radius 2 is 2.18 bits per heavy atom. The summed E-state index contributed by atoms with van der Waals surface area (Å²) in [6, 6.07) is 6.18. The van der Waals surface area contributed by atoms with Gasteiger partial charge in [-0.05, 0) is 18.2 Å². The van der Waals surface area contributed by atoms with Crippen molar-refractivity contribution in [3.8, 4) is 0 Å². The Labute approximate surface area is 105 Å². The summed E-state index contributed by atoms with van der Waals surface area (Å²) >= 11 is 3.27. The molecule has 0 aliphatic rings. The van der Waals surface area contributed by atoms with Gasteiger partial charge in [0.25, 0.3) is 5.91 Å². The Balaban J connectivity index is 2.20. The Bertz CT molecular complexity index is 609. The SMILES string of the molecule is O=C(Nc1cc(Br)ccn1)c1cc[nH]c(=O)c1. The van der Waals surface area contributed by atoms with Crippen LogP contribution >= 0.6 is 15.9 Å². The van der Waals surface area contributed by atoms with Crippen LogP contribution in [-0.2, 0) is 0 Å². The molecule has 2 N–H and O–H groups in total. The van der Waals surface area contributed by atoms with Gasteiger partial charge >= 0.3 is 0 Å². The molecule has 86 valence electrons. The predicted molar refractivity (Wildman–Crippen MR) is 67.0 cm³/mol. The minimum Gasteiger partial charge on any atom is -0.329 e. The molecule has 6 heteroatoms. The van der Waals surface area contributed by atoms with Crippen molar-refractivity contribution in [2.45, 2.75) is 0 Å². The molecule has 2 heterocycles. The van der Waals surface area contributed by atoms with Crippen LogP contribution in [0.4, 0.5) is 5.82 Å². The average molecular weight is 294 g/mol. The van der Waals surface area contributed by atoms with Gasteiger partial charge in [-0.3, -0.25) is 9.59 Å². The molecule has 0 bridgehead atoms. The van der Waals surface area contributed by atoms with Gasteiger partial charge in [-0.15, -0.1) is 0 Å². The third kappa shape index (κ3) is 3.01. The molecule has 0 aromatic carbocycles. The average Bonchev–Trinajstić information content (AvgIpc) is 2.29. The highest BCUT2D eigenvalue weighted by atomic mass is 79.9. The number of nitrogens with zero attached hydrogens (tertiary/aromatic N) is 1. The zero-order valence-corrected chi connectivity index (χ0v) is 10.2. The van der Waals surface area contributed by atoms with Crippen molar-refractivity contribution in [2.75, 3.05) is 5.32 Å². The Morgan fingerprint density at radius 1 is 1.35 bits per heavy atom. The van der Waals surface area contributed by atoms with Gasteiger partial charge in [-0.25, -0.2) is 4.98 Å². The number of nitrogens with one attached hydrogen (secondary N) is 2. The summed E-state index contributed by atoms with van der Waals surface area (Å²) < 4.78 is 0.814. The Morgan fingerprint density at radius 3 is 2.88 bits per heavy atom. The number of hydrogen-bond donors (Lipinski definition) is 2. The zero-order chi connectivity index (χ0) is 12.3. The fourth-order valence-electron chi connectivity index (χ4n) is 1.25. The van der Waals surface area contributed by atoms with Gasteiger partial charge in [-0.2, -0.15) is 0 Å². The lowest BCUT2D eigenvalue weighted by molar-refractivity contribution is 0.102. The van der Waals surface area contributed by atoms with Crippen LogP contribution in [0.3, 0.4) is 0 Å². The lowest BCUT2D eigenvalue weighted by Gasteiger charge is -2.03.